The number of anilines is 1. The Hall–Kier alpha value is -2.66. The van der Waals surface area contributed by atoms with E-state index in [-0.39, 0.29) is 24.4 Å². The van der Waals surface area contributed by atoms with Gasteiger partial charge in [-0.2, -0.15) is 0 Å². The molecule has 1 heterocycles. The van der Waals surface area contributed by atoms with Crippen molar-refractivity contribution in [3.63, 3.8) is 0 Å². The summed E-state index contributed by atoms with van der Waals surface area (Å²) < 4.78 is 0. The fourth-order valence-corrected chi connectivity index (χ4v) is 3.08. The highest BCUT2D eigenvalue weighted by Gasteiger charge is 2.24. The van der Waals surface area contributed by atoms with E-state index in [1.54, 1.807) is 0 Å². The number of aryl methyl sites for hydroxylation is 2. The molecule has 0 bridgehead atoms. The van der Waals surface area contributed by atoms with Gasteiger partial charge in [0.2, 0.25) is 11.8 Å². The fraction of sp³-hybridized carbons (Fsp3) is 0.300. The van der Waals surface area contributed by atoms with E-state index in [0.717, 1.165) is 16.8 Å². The largest absolute Gasteiger partial charge is 0.346 e. The van der Waals surface area contributed by atoms with E-state index in [2.05, 4.69) is 22.0 Å². The Labute approximate surface area is 147 Å². The molecule has 0 spiro atoms. The Balaban J connectivity index is 1.51. The minimum atomic E-state index is -0.302. The van der Waals surface area contributed by atoms with Crippen LogP contribution in [0.5, 0.6) is 0 Å². The first kappa shape index (κ1) is 17.2. The maximum atomic E-state index is 12.3. The normalized spacial score (nSPS) is 16.0. The lowest BCUT2D eigenvalue weighted by Gasteiger charge is -2.25. The molecule has 0 aliphatic carbocycles. The number of hydrogen-bond acceptors (Lipinski definition) is 3. The van der Waals surface area contributed by atoms with Crippen molar-refractivity contribution in [3.8, 4) is 0 Å². The molecule has 0 saturated carbocycles. The zero-order chi connectivity index (χ0) is 17.8. The average molecular weight is 337 g/mol. The molecule has 130 valence electrons. The summed E-state index contributed by atoms with van der Waals surface area (Å²) in [5, 5.41) is 8.78. The molecule has 3 N–H and O–H groups in total. The summed E-state index contributed by atoms with van der Waals surface area (Å²) in [6.45, 7) is 4.59. The highest BCUT2D eigenvalue weighted by atomic mass is 16.2. The van der Waals surface area contributed by atoms with Gasteiger partial charge in [-0.3, -0.25) is 9.59 Å². The van der Waals surface area contributed by atoms with E-state index >= 15 is 0 Å². The molecule has 5 heteroatoms. The molecule has 25 heavy (non-hydrogen) atoms. The van der Waals surface area contributed by atoms with Gasteiger partial charge >= 0.3 is 0 Å². The lowest BCUT2D eigenvalue weighted by Crippen LogP contribution is -2.49. The molecule has 2 aromatic carbocycles. The van der Waals surface area contributed by atoms with Crippen molar-refractivity contribution in [2.45, 2.75) is 32.9 Å². The minimum absolute atomic E-state index is 0.0357. The van der Waals surface area contributed by atoms with E-state index in [9.17, 15) is 9.59 Å². The van der Waals surface area contributed by atoms with Crippen LogP contribution in [0, 0.1) is 13.8 Å². The molecular weight excluding hydrogens is 314 g/mol. The van der Waals surface area contributed by atoms with Gasteiger partial charge in [0.1, 0.15) is 0 Å². The van der Waals surface area contributed by atoms with E-state index < -0.39 is 0 Å². The SMILES string of the molecule is Cc1ccc(NC(=O)CNC(=O)[C@@H]2Cc3ccccc3CN2)c(C)c1. The Bertz CT molecular complexity index is 801. The molecule has 3 rings (SSSR count). The third-order valence-electron chi connectivity index (χ3n) is 4.48. The van der Waals surface area contributed by atoms with Crippen molar-refractivity contribution >= 4 is 17.5 Å². The summed E-state index contributed by atoms with van der Waals surface area (Å²) in [5.74, 6) is -0.373. The molecule has 2 aromatic rings. The number of rotatable bonds is 4. The summed E-state index contributed by atoms with van der Waals surface area (Å²) in [5.41, 5.74) is 5.33. The number of hydrogen-bond donors (Lipinski definition) is 3. The highest BCUT2D eigenvalue weighted by molar-refractivity contribution is 5.95. The molecular formula is C20H23N3O2. The Morgan fingerprint density at radius 1 is 1.12 bits per heavy atom. The van der Waals surface area contributed by atoms with Crippen LogP contribution >= 0.6 is 0 Å². The van der Waals surface area contributed by atoms with Crippen LogP contribution in [0.15, 0.2) is 42.5 Å². The molecule has 0 radical (unpaired) electrons. The zero-order valence-electron chi connectivity index (χ0n) is 14.6. The maximum Gasteiger partial charge on any atom is 0.243 e. The van der Waals surface area contributed by atoms with Crippen molar-refractivity contribution in [2.24, 2.45) is 0 Å². The van der Waals surface area contributed by atoms with Gasteiger partial charge < -0.3 is 16.0 Å². The monoisotopic (exact) mass is 337 g/mol. The second kappa shape index (κ2) is 7.49. The maximum absolute atomic E-state index is 12.3. The smallest absolute Gasteiger partial charge is 0.243 e. The van der Waals surface area contributed by atoms with E-state index in [1.165, 1.54) is 11.1 Å². The number of amides is 2. The van der Waals surface area contributed by atoms with Crippen LogP contribution in [0.2, 0.25) is 0 Å². The van der Waals surface area contributed by atoms with Crippen LogP contribution in [0.25, 0.3) is 0 Å². The second-order valence-corrected chi connectivity index (χ2v) is 6.49. The number of benzene rings is 2. The Kier molecular flexibility index (Phi) is 5.14. The molecule has 0 aromatic heterocycles. The van der Waals surface area contributed by atoms with E-state index in [0.29, 0.717) is 13.0 Å². The number of nitrogens with one attached hydrogen (secondary N) is 3. The van der Waals surface area contributed by atoms with Gasteiger partial charge in [-0.25, -0.2) is 0 Å². The van der Waals surface area contributed by atoms with Crippen LogP contribution in [-0.4, -0.2) is 24.4 Å². The minimum Gasteiger partial charge on any atom is -0.346 e. The molecule has 1 aliphatic rings. The molecule has 0 saturated heterocycles. The van der Waals surface area contributed by atoms with Crippen LogP contribution in [0.3, 0.4) is 0 Å². The first-order valence-electron chi connectivity index (χ1n) is 8.48. The predicted molar refractivity (Wildman–Crippen MR) is 98.3 cm³/mol. The molecule has 0 unspecified atom stereocenters. The van der Waals surface area contributed by atoms with Crippen LogP contribution < -0.4 is 16.0 Å². The first-order valence-corrected chi connectivity index (χ1v) is 8.48. The molecule has 1 atom stereocenters. The average Bonchev–Trinajstić information content (AvgIpc) is 2.61. The lowest BCUT2D eigenvalue weighted by atomic mass is 9.95. The van der Waals surface area contributed by atoms with Crippen LogP contribution in [0.1, 0.15) is 22.3 Å². The van der Waals surface area contributed by atoms with Crippen molar-refractivity contribution in [1.82, 2.24) is 10.6 Å². The van der Waals surface area contributed by atoms with Gasteiger partial charge in [0.05, 0.1) is 12.6 Å². The zero-order valence-corrected chi connectivity index (χ0v) is 14.6. The predicted octanol–water partition coefficient (Wildman–Crippen LogP) is 2.07. The van der Waals surface area contributed by atoms with Crippen LogP contribution in [-0.2, 0) is 22.6 Å². The number of carbonyl (C=O) groups is 2. The standard InChI is InChI=1S/C20H23N3O2/c1-13-7-8-17(14(2)9-13)23-19(24)12-22-20(25)18-10-15-5-3-4-6-16(15)11-21-18/h3-9,18,21H,10-12H2,1-2H3,(H,22,25)(H,23,24)/t18-/m0/s1. The molecule has 0 fully saturated rings. The molecule has 2 amide bonds. The Morgan fingerprint density at radius 2 is 1.88 bits per heavy atom. The van der Waals surface area contributed by atoms with Crippen LogP contribution in [0.4, 0.5) is 5.69 Å². The van der Waals surface area contributed by atoms with Gasteiger partial charge in [0.15, 0.2) is 0 Å². The van der Waals surface area contributed by atoms with Gasteiger partial charge in [-0.15, -0.1) is 0 Å². The third-order valence-corrected chi connectivity index (χ3v) is 4.48. The molecule has 5 nitrogen and oxygen atoms in total. The summed E-state index contributed by atoms with van der Waals surface area (Å²) in [6.07, 6.45) is 0.640. The topological polar surface area (TPSA) is 70.2 Å². The highest BCUT2D eigenvalue weighted by Crippen LogP contribution is 2.17. The lowest BCUT2D eigenvalue weighted by molar-refractivity contribution is -0.125. The summed E-state index contributed by atoms with van der Waals surface area (Å²) in [7, 11) is 0. The van der Waals surface area contributed by atoms with Gasteiger partial charge in [-0.05, 0) is 43.0 Å². The summed E-state index contributed by atoms with van der Waals surface area (Å²) in [4.78, 5) is 24.4. The number of fused-ring (bicyclic) bond motifs is 1. The van der Waals surface area contributed by atoms with Gasteiger partial charge in [0.25, 0.3) is 0 Å². The quantitative estimate of drug-likeness (QED) is 0.800. The van der Waals surface area contributed by atoms with Gasteiger partial charge in [0, 0.05) is 12.2 Å². The van der Waals surface area contributed by atoms with E-state index in [4.69, 9.17) is 0 Å². The first-order chi connectivity index (χ1) is 12.0. The summed E-state index contributed by atoms with van der Waals surface area (Å²) >= 11 is 0. The fourth-order valence-electron chi connectivity index (χ4n) is 3.08. The van der Waals surface area contributed by atoms with Crippen molar-refractivity contribution in [1.29, 1.82) is 0 Å². The molecule has 1 aliphatic heterocycles. The van der Waals surface area contributed by atoms with Crippen molar-refractivity contribution < 1.29 is 9.59 Å². The van der Waals surface area contributed by atoms with E-state index in [1.807, 2.05) is 50.2 Å². The van der Waals surface area contributed by atoms with Gasteiger partial charge in [-0.1, -0.05) is 42.0 Å². The summed E-state index contributed by atoms with van der Waals surface area (Å²) in [6, 6.07) is 13.6. The second-order valence-electron chi connectivity index (χ2n) is 6.49. The Morgan fingerprint density at radius 3 is 2.64 bits per heavy atom. The third kappa shape index (κ3) is 4.25. The van der Waals surface area contributed by atoms with Crippen molar-refractivity contribution in [2.75, 3.05) is 11.9 Å². The number of carbonyl (C=O) groups excluding carboxylic acids is 2. The van der Waals surface area contributed by atoms with Crippen molar-refractivity contribution in [3.05, 3.63) is 64.7 Å².